The Kier molecular flexibility index (Phi) is 7.29. The maximum Gasteiger partial charge on any atom is 0.290 e. The molecule has 6 nitrogen and oxygen atoms in total. The van der Waals surface area contributed by atoms with Gasteiger partial charge in [-0.1, -0.05) is 19.1 Å². The van der Waals surface area contributed by atoms with Gasteiger partial charge < -0.3 is 14.9 Å². The maximum atomic E-state index is 13.7. The van der Waals surface area contributed by atoms with E-state index >= 15 is 0 Å². The topological polar surface area (TPSA) is 77.9 Å². The first-order chi connectivity index (χ1) is 11.4. The smallest absolute Gasteiger partial charge is 0.290 e. The van der Waals surface area contributed by atoms with E-state index in [1.807, 2.05) is 6.92 Å². The molecule has 8 heteroatoms. The van der Waals surface area contributed by atoms with E-state index in [0.717, 1.165) is 12.5 Å². The average molecular weight is 342 g/mol. The van der Waals surface area contributed by atoms with Crippen molar-refractivity contribution in [3.05, 3.63) is 35.4 Å². The highest BCUT2D eigenvalue weighted by Crippen LogP contribution is 2.19. The van der Waals surface area contributed by atoms with E-state index in [2.05, 4.69) is 0 Å². The number of halogens is 2. The third-order valence-corrected chi connectivity index (χ3v) is 3.65. The zero-order valence-electron chi connectivity index (χ0n) is 13.5. The average Bonchev–Trinajstić information content (AvgIpc) is 2.54. The molecule has 0 aliphatic carbocycles. The summed E-state index contributed by atoms with van der Waals surface area (Å²) in [6.07, 6.45) is 0.768. The number of piperazine rings is 1. The van der Waals surface area contributed by atoms with Gasteiger partial charge in [0.1, 0.15) is 6.04 Å². The van der Waals surface area contributed by atoms with Gasteiger partial charge in [0.05, 0.1) is 6.54 Å². The lowest BCUT2D eigenvalue weighted by molar-refractivity contribution is -0.155. The molecule has 1 aromatic rings. The summed E-state index contributed by atoms with van der Waals surface area (Å²) in [5, 5.41) is 6.89. The van der Waals surface area contributed by atoms with E-state index < -0.39 is 17.7 Å². The van der Waals surface area contributed by atoms with E-state index in [1.165, 1.54) is 21.9 Å². The summed E-state index contributed by atoms with van der Waals surface area (Å²) >= 11 is 0. The van der Waals surface area contributed by atoms with Crippen LogP contribution >= 0.6 is 0 Å². The second kappa shape index (κ2) is 8.95. The van der Waals surface area contributed by atoms with Crippen molar-refractivity contribution in [1.29, 1.82) is 0 Å². The van der Waals surface area contributed by atoms with E-state index in [0.29, 0.717) is 6.54 Å². The molecule has 0 bridgehead atoms. The van der Waals surface area contributed by atoms with Crippen LogP contribution in [0.5, 0.6) is 0 Å². The Morgan fingerprint density at radius 1 is 1.33 bits per heavy atom. The van der Waals surface area contributed by atoms with Crippen molar-refractivity contribution in [2.45, 2.75) is 32.9 Å². The summed E-state index contributed by atoms with van der Waals surface area (Å²) in [6, 6.07) is 3.16. The highest BCUT2D eigenvalue weighted by Gasteiger charge is 2.36. The maximum absolute atomic E-state index is 13.7. The highest BCUT2D eigenvalue weighted by molar-refractivity contribution is 5.94. The second-order valence-corrected chi connectivity index (χ2v) is 5.28. The summed E-state index contributed by atoms with van der Waals surface area (Å²) in [5.74, 6) is -2.34. The summed E-state index contributed by atoms with van der Waals surface area (Å²) in [4.78, 5) is 35.5. The van der Waals surface area contributed by atoms with Crippen LogP contribution in [-0.2, 0) is 20.9 Å². The molecule has 132 valence electrons. The highest BCUT2D eigenvalue weighted by atomic mass is 19.2. The Morgan fingerprint density at radius 3 is 2.54 bits per heavy atom. The minimum absolute atomic E-state index is 0.00600. The minimum Gasteiger partial charge on any atom is -0.483 e. The molecule has 0 spiro atoms. The lowest BCUT2D eigenvalue weighted by Gasteiger charge is -2.38. The molecule has 24 heavy (non-hydrogen) atoms. The number of benzene rings is 1. The summed E-state index contributed by atoms with van der Waals surface area (Å²) in [7, 11) is 0. The Bertz CT molecular complexity index is 610. The van der Waals surface area contributed by atoms with Crippen LogP contribution < -0.4 is 0 Å². The molecule has 0 unspecified atom stereocenters. The molecule has 2 rings (SSSR count). The van der Waals surface area contributed by atoms with E-state index in [-0.39, 0.29) is 36.9 Å². The zero-order valence-corrected chi connectivity index (χ0v) is 13.5. The predicted molar refractivity (Wildman–Crippen MR) is 81.9 cm³/mol. The van der Waals surface area contributed by atoms with Crippen LogP contribution in [0.1, 0.15) is 25.8 Å². The zero-order chi connectivity index (χ0) is 18.3. The lowest BCUT2D eigenvalue weighted by atomic mass is 10.1. The fraction of sp³-hybridized carbons (Fsp3) is 0.438. The predicted octanol–water partition coefficient (Wildman–Crippen LogP) is 1.63. The van der Waals surface area contributed by atoms with Crippen LogP contribution in [0.25, 0.3) is 0 Å². The van der Waals surface area contributed by atoms with Crippen LogP contribution in [0.2, 0.25) is 0 Å². The Hall–Kier alpha value is -2.51. The van der Waals surface area contributed by atoms with Crippen LogP contribution in [0, 0.1) is 11.6 Å². The van der Waals surface area contributed by atoms with Gasteiger partial charge in [0.25, 0.3) is 6.47 Å². The molecule has 1 aromatic carbocycles. The van der Waals surface area contributed by atoms with Crippen LogP contribution in [0.3, 0.4) is 0 Å². The van der Waals surface area contributed by atoms with Crippen LogP contribution in [0.4, 0.5) is 8.78 Å². The fourth-order valence-corrected chi connectivity index (χ4v) is 2.48. The third kappa shape index (κ3) is 4.50. The number of rotatable bonds is 4. The quantitative estimate of drug-likeness (QED) is 0.844. The van der Waals surface area contributed by atoms with Crippen LogP contribution in [-0.4, -0.2) is 52.3 Å². The van der Waals surface area contributed by atoms with Gasteiger partial charge in [0.2, 0.25) is 11.8 Å². The Balaban J connectivity index is 0.000000891. The Labute approximate surface area is 138 Å². The third-order valence-electron chi connectivity index (χ3n) is 3.65. The van der Waals surface area contributed by atoms with Gasteiger partial charge in [0, 0.05) is 18.7 Å². The largest absolute Gasteiger partial charge is 0.483 e. The van der Waals surface area contributed by atoms with Crippen molar-refractivity contribution >= 4 is 18.3 Å². The van der Waals surface area contributed by atoms with Crippen molar-refractivity contribution in [2.24, 2.45) is 0 Å². The first-order valence-electron chi connectivity index (χ1n) is 7.46. The molecule has 1 saturated heterocycles. The van der Waals surface area contributed by atoms with Crippen molar-refractivity contribution < 1.29 is 28.3 Å². The first kappa shape index (κ1) is 19.5. The van der Waals surface area contributed by atoms with Gasteiger partial charge in [0.15, 0.2) is 11.6 Å². The molecule has 2 amide bonds. The molecule has 1 aliphatic rings. The standard InChI is InChI=1S/C15H18F2N2O2.CH2O2/c1-3-7-18-9-13(20)19(10(2)15(18)21)8-11-5-4-6-12(16)14(11)17;2-1-3/h4-6,10H,3,7-9H2,1-2H3;1H,(H,2,3)/t10-;/m0./s1. The van der Waals surface area contributed by atoms with E-state index in [9.17, 15) is 18.4 Å². The number of carboxylic acid groups (broad SMARTS) is 1. The van der Waals surface area contributed by atoms with Crippen molar-refractivity contribution in [3.63, 3.8) is 0 Å². The van der Waals surface area contributed by atoms with Gasteiger partial charge in [-0.3, -0.25) is 14.4 Å². The summed E-state index contributed by atoms with van der Waals surface area (Å²) in [6.45, 7) is 3.70. The summed E-state index contributed by atoms with van der Waals surface area (Å²) < 4.78 is 26.9. The molecule has 1 aliphatic heterocycles. The number of carbonyl (C=O) groups excluding carboxylic acids is 2. The molecule has 1 N–H and O–H groups in total. The first-order valence-corrected chi connectivity index (χ1v) is 7.46. The van der Waals surface area contributed by atoms with Gasteiger partial charge in [-0.15, -0.1) is 0 Å². The molecule has 0 saturated carbocycles. The van der Waals surface area contributed by atoms with Crippen LogP contribution in [0.15, 0.2) is 18.2 Å². The van der Waals surface area contributed by atoms with Crippen molar-refractivity contribution in [1.82, 2.24) is 9.80 Å². The van der Waals surface area contributed by atoms with Gasteiger partial charge in [-0.25, -0.2) is 8.78 Å². The Morgan fingerprint density at radius 2 is 1.96 bits per heavy atom. The van der Waals surface area contributed by atoms with Gasteiger partial charge >= 0.3 is 0 Å². The molecule has 0 radical (unpaired) electrons. The molecule has 0 aromatic heterocycles. The molecular formula is C16H20F2N2O4. The monoisotopic (exact) mass is 342 g/mol. The van der Waals surface area contributed by atoms with E-state index in [1.54, 1.807) is 6.92 Å². The number of amides is 2. The molecule has 1 heterocycles. The number of carbonyl (C=O) groups is 3. The minimum atomic E-state index is -0.971. The molecular weight excluding hydrogens is 322 g/mol. The van der Waals surface area contributed by atoms with Crippen molar-refractivity contribution in [3.8, 4) is 0 Å². The number of hydrogen-bond donors (Lipinski definition) is 1. The molecule has 1 atom stereocenters. The normalized spacial score (nSPS) is 17.4. The summed E-state index contributed by atoms with van der Waals surface area (Å²) in [5.41, 5.74) is 0.0759. The van der Waals surface area contributed by atoms with Gasteiger partial charge in [-0.05, 0) is 19.4 Å². The SMILES string of the molecule is CCCN1CC(=O)N(Cc2cccc(F)c2F)[C@@H](C)C1=O.O=CO. The molecule has 1 fully saturated rings. The lowest BCUT2D eigenvalue weighted by Crippen LogP contribution is -2.58. The van der Waals surface area contributed by atoms with Crippen molar-refractivity contribution in [2.75, 3.05) is 13.1 Å². The number of hydrogen-bond acceptors (Lipinski definition) is 3. The fourth-order valence-electron chi connectivity index (χ4n) is 2.48. The van der Waals surface area contributed by atoms with E-state index in [4.69, 9.17) is 9.90 Å². The number of nitrogens with zero attached hydrogens (tertiary/aromatic N) is 2. The van der Waals surface area contributed by atoms with Gasteiger partial charge in [-0.2, -0.15) is 0 Å². The second-order valence-electron chi connectivity index (χ2n) is 5.28.